The minimum absolute atomic E-state index is 0.0223. The molecule has 0 spiro atoms. The summed E-state index contributed by atoms with van der Waals surface area (Å²) < 4.78 is 36.5. The Morgan fingerprint density at radius 3 is 1.30 bits per heavy atom. The molecule has 0 radical (unpaired) electrons. The topological polar surface area (TPSA) is 305 Å². The highest BCUT2D eigenvalue weighted by atomic mass is 32.2. The highest BCUT2D eigenvalue weighted by molar-refractivity contribution is 7.84. The van der Waals surface area contributed by atoms with Crippen molar-refractivity contribution in [3.8, 4) is 0 Å². The number of morpholine rings is 4. The first kappa shape index (κ1) is 66.6. The van der Waals surface area contributed by atoms with Crippen molar-refractivity contribution in [2.75, 3.05) is 125 Å². The maximum absolute atomic E-state index is 12.5. The number of aromatic carboxylic acids is 1. The molecule has 0 aliphatic carbocycles. The molecular weight excluding hydrogens is 1070 g/mol. The average Bonchev–Trinajstić information content (AvgIpc) is 3.50. The molecule has 4 fully saturated rings. The second-order valence-electron chi connectivity index (χ2n) is 20.8. The molecule has 5 aromatic rings. The third-order valence-electron chi connectivity index (χ3n) is 13.0. The summed E-state index contributed by atoms with van der Waals surface area (Å²) in [4.78, 5) is 83.6. The summed E-state index contributed by atoms with van der Waals surface area (Å²) in [6, 6.07) is -0.0862. The molecule has 1 amide bonds. The lowest BCUT2D eigenvalue weighted by Gasteiger charge is -2.29. The van der Waals surface area contributed by atoms with Gasteiger partial charge in [0.1, 0.15) is 11.4 Å². The zero-order valence-electron chi connectivity index (χ0n) is 48.9. The van der Waals surface area contributed by atoms with Crippen LogP contribution in [0.2, 0.25) is 0 Å². The highest BCUT2D eigenvalue weighted by Gasteiger charge is 2.26. The third kappa shape index (κ3) is 25.1. The summed E-state index contributed by atoms with van der Waals surface area (Å²) in [5.41, 5.74) is 12.8. The maximum Gasteiger partial charge on any atom is 0.356 e. The van der Waals surface area contributed by atoms with Crippen LogP contribution in [0.15, 0.2) is 62.0 Å². The van der Waals surface area contributed by atoms with Gasteiger partial charge in [-0.15, -0.1) is 0 Å². The van der Waals surface area contributed by atoms with Crippen LogP contribution >= 0.6 is 0 Å². The van der Waals surface area contributed by atoms with E-state index in [-0.39, 0.29) is 34.2 Å². The lowest BCUT2D eigenvalue weighted by molar-refractivity contribution is 0.0298. The van der Waals surface area contributed by atoms with Crippen LogP contribution in [-0.4, -0.2) is 226 Å². The van der Waals surface area contributed by atoms with Crippen LogP contribution < -0.4 is 10.5 Å². The van der Waals surface area contributed by atoms with Crippen molar-refractivity contribution < 1.29 is 42.6 Å². The first-order valence-corrected chi connectivity index (χ1v) is 28.9. The Morgan fingerprint density at radius 1 is 0.524 bits per heavy atom. The number of carbonyl (C=O) groups excluding carboxylic acids is 2. The average molecular weight is 1160 g/mol. The summed E-state index contributed by atoms with van der Waals surface area (Å²) in [5.74, 6) is -1.05. The van der Waals surface area contributed by atoms with Crippen LogP contribution in [0.4, 0.5) is 0 Å². The Hall–Kier alpha value is -6.20. The predicted molar refractivity (Wildman–Crippen MR) is 308 cm³/mol. The van der Waals surface area contributed by atoms with Crippen LogP contribution in [-0.2, 0) is 29.9 Å². The van der Waals surface area contributed by atoms with Gasteiger partial charge in [0.25, 0.3) is 5.91 Å². The van der Waals surface area contributed by atoms with E-state index in [0.29, 0.717) is 49.8 Å². The molecule has 3 atom stereocenters. The first-order chi connectivity index (χ1) is 39.3. The van der Waals surface area contributed by atoms with E-state index < -0.39 is 17.0 Å². The zero-order chi connectivity index (χ0) is 59.3. The number of amides is 1. The molecule has 4 N–H and O–H groups in total. The van der Waals surface area contributed by atoms with E-state index in [1.54, 1.807) is 55.2 Å². The largest absolute Gasteiger partial charge is 0.476 e. The summed E-state index contributed by atoms with van der Waals surface area (Å²) in [6.07, 6.45) is 18.3. The Kier molecular flexibility index (Phi) is 29.0. The molecule has 5 aromatic heterocycles. The van der Waals surface area contributed by atoms with E-state index >= 15 is 0 Å². The number of ketones is 1. The smallest absolute Gasteiger partial charge is 0.356 e. The molecule has 2 unspecified atom stereocenters. The van der Waals surface area contributed by atoms with Gasteiger partial charge in [0.2, 0.25) is 0 Å². The van der Waals surface area contributed by atoms with Gasteiger partial charge in [-0.05, 0) is 68.2 Å². The number of carbonyl (C=O) groups is 3. The van der Waals surface area contributed by atoms with Gasteiger partial charge in [-0.2, -0.15) is 0 Å². The fourth-order valence-corrected chi connectivity index (χ4v) is 8.71. The number of aryl methyl sites for hydroxylation is 5. The molecular formula is C56H84N16O9S. The Labute approximate surface area is 484 Å². The van der Waals surface area contributed by atoms with Crippen molar-refractivity contribution in [3.63, 3.8) is 0 Å². The van der Waals surface area contributed by atoms with Gasteiger partial charge >= 0.3 is 5.97 Å². The number of carboxylic acids is 1. The maximum atomic E-state index is 12.5. The van der Waals surface area contributed by atoms with Crippen molar-refractivity contribution in [1.82, 2.24) is 74.2 Å². The standard InChI is InChI=1S/C16H28N4O2S.C12H20N4O.C12H17N3O2.C10H13N3O2.C6H6N2O2/c1-13-11-18-15(12-17-13)14(19-23(21)16(2,3)4)5-6-20-7-9-22-10-8-20;1-10-8-15-12(9-14-10)11(13)2-3-16-4-6-17-7-5-16;1-10-8-14-11(9-13-10)12(16)2-3-15-4-6-17-7-5-15;1-8-6-12-9(7-11-8)10(14)13-2-4-15-5-3-13;1-4-2-8-5(3-7-4)6(9)10/h11-12,14,19H,5-10H2,1-4H3;8-9,11H,2-7,13H2,1H3;8-9H,2-7H2,1H3;6-7H,2-5H2,1H3;2-3H,1H3,(H,9,10)/t14?,23-;;;;/m1..../s1. The van der Waals surface area contributed by atoms with Crippen LogP contribution in [0, 0.1) is 34.6 Å². The third-order valence-corrected chi connectivity index (χ3v) is 14.6. The fraction of sp³-hybridized carbons (Fsp3) is 0.589. The van der Waals surface area contributed by atoms with Gasteiger partial charge < -0.3 is 34.7 Å². The zero-order valence-corrected chi connectivity index (χ0v) is 49.8. The lowest BCUT2D eigenvalue weighted by atomic mass is 10.1. The number of nitrogens with two attached hydrogens (primary N) is 1. The number of nitrogens with zero attached hydrogens (tertiary/aromatic N) is 14. The molecule has 26 heteroatoms. The lowest BCUT2D eigenvalue weighted by Crippen LogP contribution is -2.41. The van der Waals surface area contributed by atoms with Crippen LogP contribution in [0.25, 0.3) is 0 Å². The molecule has 448 valence electrons. The van der Waals surface area contributed by atoms with Crippen molar-refractivity contribution in [3.05, 3.63) is 119 Å². The van der Waals surface area contributed by atoms with E-state index in [4.69, 9.17) is 29.8 Å². The number of nitrogens with one attached hydrogen (secondary N) is 1. The molecule has 9 heterocycles. The van der Waals surface area contributed by atoms with Gasteiger partial charge in [0.15, 0.2) is 11.5 Å². The minimum atomic E-state index is -1.14. The van der Waals surface area contributed by atoms with Crippen molar-refractivity contribution in [2.45, 2.75) is 91.5 Å². The number of ether oxygens (including phenoxy) is 4. The molecule has 4 aliphatic rings. The summed E-state index contributed by atoms with van der Waals surface area (Å²) in [7, 11) is -1.14. The second-order valence-corrected chi connectivity index (χ2v) is 22.8. The highest BCUT2D eigenvalue weighted by Crippen LogP contribution is 2.20. The number of aromatic nitrogens is 10. The first-order valence-electron chi connectivity index (χ1n) is 27.7. The van der Waals surface area contributed by atoms with Crippen molar-refractivity contribution in [1.29, 1.82) is 0 Å². The van der Waals surface area contributed by atoms with Crippen molar-refractivity contribution in [2.24, 2.45) is 5.73 Å². The van der Waals surface area contributed by atoms with E-state index in [2.05, 4.69) is 69.3 Å². The minimum Gasteiger partial charge on any atom is -0.476 e. The predicted octanol–water partition coefficient (Wildman–Crippen LogP) is 3.54. The molecule has 82 heavy (non-hydrogen) atoms. The summed E-state index contributed by atoms with van der Waals surface area (Å²) in [6.45, 7) is 30.9. The van der Waals surface area contributed by atoms with E-state index in [0.717, 1.165) is 146 Å². The monoisotopic (exact) mass is 1160 g/mol. The quantitative estimate of drug-likeness (QED) is 0.119. The SMILES string of the molecule is Cc1cnc(C(=O)CCN2CCOCC2)cn1.Cc1cnc(C(=O)N2CCOCC2)cn1.Cc1cnc(C(=O)O)cn1.Cc1cnc(C(CCN2CCOCC2)N[S@](=O)C(C)(C)C)cn1.Cc1cnc(C(N)CCN2CCOCC2)cn1. The second kappa shape index (κ2) is 35.7. The molecule has 4 saturated heterocycles. The number of Topliss-reactive ketones (excluding diaryl/α,β-unsaturated/α-hetero) is 1. The van der Waals surface area contributed by atoms with E-state index in [9.17, 15) is 18.6 Å². The Bertz CT molecular complexity index is 2650. The van der Waals surface area contributed by atoms with Crippen LogP contribution in [0.3, 0.4) is 0 Å². The number of rotatable bonds is 16. The van der Waals surface area contributed by atoms with Crippen LogP contribution in [0.1, 0.15) is 123 Å². The Balaban J connectivity index is 0.000000192. The van der Waals surface area contributed by atoms with Gasteiger partial charge in [-0.3, -0.25) is 59.2 Å². The van der Waals surface area contributed by atoms with E-state index in [1.807, 2.05) is 48.5 Å². The van der Waals surface area contributed by atoms with E-state index in [1.165, 1.54) is 18.6 Å². The molecule has 4 aliphatic heterocycles. The van der Waals surface area contributed by atoms with Gasteiger partial charge in [-0.25, -0.2) is 28.7 Å². The number of hydrogen-bond acceptors (Lipinski definition) is 22. The molecule has 9 rings (SSSR count). The molecule has 0 saturated carbocycles. The summed E-state index contributed by atoms with van der Waals surface area (Å²) in [5, 5.41) is 8.37. The van der Waals surface area contributed by atoms with Gasteiger partial charge in [0.05, 0.1) is 145 Å². The normalized spacial score (nSPS) is 17.1. The Morgan fingerprint density at radius 2 is 0.902 bits per heavy atom. The summed E-state index contributed by atoms with van der Waals surface area (Å²) >= 11 is 0. The number of hydrogen-bond donors (Lipinski definition) is 3. The molecule has 0 aromatic carbocycles. The molecule has 0 bridgehead atoms. The van der Waals surface area contributed by atoms with Gasteiger partial charge in [0, 0.05) is 115 Å². The molecule has 25 nitrogen and oxygen atoms in total. The fourth-order valence-electron chi connectivity index (χ4n) is 7.86. The number of carboxylic acid groups (broad SMARTS) is 1. The van der Waals surface area contributed by atoms with Crippen LogP contribution in [0.5, 0.6) is 0 Å². The van der Waals surface area contributed by atoms with Gasteiger partial charge in [-0.1, -0.05) is 0 Å². The van der Waals surface area contributed by atoms with Crippen molar-refractivity contribution >= 4 is 28.6 Å².